The number of ether oxygens (including phenoxy) is 1. The van der Waals surface area contributed by atoms with E-state index in [4.69, 9.17) is 4.74 Å². The van der Waals surface area contributed by atoms with Crippen LogP contribution in [0.15, 0.2) is 24.3 Å². The number of aryl methyl sites for hydroxylation is 1. The molecule has 0 aromatic heterocycles. The highest BCUT2D eigenvalue weighted by molar-refractivity contribution is 5.79. The molecule has 1 heterocycles. The standard InChI is InChI=1S/C18H25NO2/c1-14-7-5-6-10-16(14)17-13-19(11-12-21-17)18(20)15-8-3-2-4-9-15/h5-7,10,15,17H,2-4,8-9,11-13H2,1H3. The van der Waals surface area contributed by atoms with Gasteiger partial charge in [-0.15, -0.1) is 0 Å². The minimum Gasteiger partial charge on any atom is -0.370 e. The molecule has 1 aliphatic carbocycles. The van der Waals surface area contributed by atoms with Gasteiger partial charge in [-0.3, -0.25) is 4.79 Å². The van der Waals surface area contributed by atoms with E-state index in [0.29, 0.717) is 19.1 Å². The van der Waals surface area contributed by atoms with E-state index >= 15 is 0 Å². The number of rotatable bonds is 2. The summed E-state index contributed by atoms with van der Waals surface area (Å²) in [5, 5.41) is 0. The van der Waals surface area contributed by atoms with Gasteiger partial charge in [0.05, 0.1) is 13.2 Å². The van der Waals surface area contributed by atoms with Crippen LogP contribution in [0.5, 0.6) is 0 Å². The van der Waals surface area contributed by atoms with Crippen molar-refractivity contribution in [3.63, 3.8) is 0 Å². The summed E-state index contributed by atoms with van der Waals surface area (Å²) in [6.45, 7) is 4.22. The van der Waals surface area contributed by atoms with E-state index in [9.17, 15) is 4.79 Å². The van der Waals surface area contributed by atoms with E-state index in [0.717, 1.165) is 19.4 Å². The van der Waals surface area contributed by atoms with E-state index < -0.39 is 0 Å². The van der Waals surface area contributed by atoms with Crippen molar-refractivity contribution in [3.05, 3.63) is 35.4 Å². The maximum absolute atomic E-state index is 12.7. The van der Waals surface area contributed by atoms with E-state index in [1.165, 1.54) is 30.4 Å². The molecule has 0 spiro atoms. The second kappa shape index (κ2) is 6.61. The van der Waals surface area contributed by atoms with Crippen LogP contribution in [-0.4, -0.2) is 30.5 Å². The predicted octanol–water partition coefficient (Wildman–Crippen LogP) is 3.48. The molecular formula is C18H25NO2. The highest BCUT2D eigenvalue weighted by Crippen LogP contribution is 2.29. The van der Waals surface area contributed by atoms with Crippen LogP contribution in [0, 0.1) is 12.8 Å². The Labute approximate surface area is 127 Å². The van der Waals surface area contributed by atoms with Crippen LogP contribution < -0.4 is 0 Å². The lowest BCUT2D eigenvalue weighted by Crippen LogP contribution is -2.45. The Kier molecular flexibility index (Phi) is 4.59. The van der Waals surface area contributed by atoms with Gasteiger partial charge >= 0.3 is 0 Å². The average Bonchev–Trinajstić information content (AvgIpc) is 2.55. The molecule has 3 rings (SSSR count). The molecule has 0 radical (unpaired) electrons. The van der Waals surface area contributed by atoms with Gasteiger partial charge in [-0.2, -0.15) is 0 Å². The minimum absolute atomic E-state index is 0.0347. The lowest BCUT2D eigenvalue weighted by molar-refractivity contribution is -0.144. The summed E-state index contributed by atoms with van der Waals surface area (Å²) >= 11 is 0. The molecule has 1 unspecified atom stereocenters. The second-order valence-electron chi connectivity index (χ2n) is 6.34. The number of hydrogen-bond acceptors (Lipinski definition) is 2. The molecule has 1 amide bonds. The molecule has 1 aromatic rings. The zero-order valence-electron chi connectivity index (χ0n) is 12.9. The highest BCUT2D eigenvalue weighted by Gasteiger charge is 2.31. The van der Waals surface area contributed by atoms with Gasteiger partial charge in [0.1, 0.15) is 6.10 Å². The molecule has 3 nitrogen and oxygen atoms in total. The van der Waals surface area contributed by atoms with Gasteiger partial charge in [0, 0.05) is 12.5 Å². The Hall–Kier alpha value is -1.35. The summed E-state index contributed by atoms with van der Waals surface area (Å²) in [6, 6.07) is 8.33. The van der Waals surface area contributed by atoms with Crippen molar-refractivity contribution >= 4 is 5.91 Å². The van der Waals surface area contributed by atoms with E-state index in [-0.39, 0.29) is 12.0 Å². The van der Waals surface area contributed by atoms with Crippen molar-refractivity contribution in [1.82, 2.24) is 4.90 Å². The fraction of sp³-hybridized carbons (Fsp3) is 0.611. The van der Waals surface area contributed by atoms with Crippen LogP contribution in [0.1, 0.15) is 49.3 Å². The third-order valence-electron chi connectivity index (χ3n) is 4.87. The van der Waals surface area contributed by atoms with Crippen LogP contribution in [-0.2, 0) is 9.53 Å². The normalized spacial score (nSPS) is 24.0. The fourth-order valence-corrected chi connectivity index (χ4v) is 3.59. The molecule has 114 valence electrons. The average molecular weight is 287 g/mol. The number of carbonyl (C=O) groups excluding carboxylic acids is 1. The Morgan fingerprint density at radius 3 is 2.71 bits per heavy atom. The zero-order chi connectivity index (χ0) is 14.7. The molecule has 1 saturated heterocycles. The third-order valence-corrected chi connectivity index (χ3v) is 4.87. The molecule has 3 heteroatoms. The van der Waals surface area contributed by atoms with Crippen molar-refractivity contribution in [2.75, 3.05) is 19.7 Å². The Morgan fingerprint density at radius 1 is 1.19 bits per heavy atom. The number of amides is 1. The first kappa shape index (κ1) is 14.6. The maximum atomic E-state index is 12.7. The van der Waals surface area contributed by atoms with Gasteiger partial charge < -0.3 is 9.64 Å². The molecule has 21 heavy (non-hydrogen) atoms. The van der Waals surface area contributed by atoms with E-state index in [2.05, 4.69) is 19.1 Å². The minimum atomic E-state index is 0.0347. The molecule has 0 N–H and O–H groups in total. The van der Waals surface area contributed by atoms with Crippen LogP contribution in [0.25, 0.3) is 0 Å². The topological polar surface area (TPSA) is 29.5 Å². The molecule has 1 saturated carbocycles. The Morgan fingerprint density at radius 2 is 1.95 bits per heavy atom. The van der Waals surface area contributed by atoms with E-state index in [1.807, 2.05) is 17.0 Å². The van der Waals surface area contributed by atoms with Gasteiger partial charge in [-0.25, -0.2) is 0 Å². The van der Waals surface area contributed by atoms with Crippen molar-refractivity contribution in [3.8, 4) is 0 Å². The molecule has 2 fully saturated rings. The summed E-state index contributed by atoms with van der Waals surface area (Å²) in [5.74, 6) is 0.617. The summed E-state index contributed by atoms with van der Waals surface area (Å²) in [6.07, 6.45) is 5.89. The molecule has 1 aromatic carbocycles. The van der Waals surface area contributed by atoms with Gasteiger partial charge in [-0.1, -0.05) is 43.5 Å². The van der Waals surface area contributed by atoms with Crippen molar-refractivity contribution < 1.29 is 9.53 Å². The van der Waals surface area contributed by atoms with Crippen molar-refractivity contribution in [1.29, 1.82) is 0 Å². The molecule has 1 atom stereocenters. The lowest BCUT2D eigenvalue weighted by Gasteiger charge is -2.36. The number of benzene rings is 1. The fourth-order valence-electron chi connectivity index (χ4n) is 3.59. The predicted molar refractivity (Wildman–Crippen MR) is 83.0 cm³/mol. The smallest absolute Gasteiger partial charge is 0.225 e. The van der Waals surface area contributed by atoms with Crippen LogP contribution in [0.2, 0.25) is 0 Å². The second-order valence-corrected chi connectivity index (χ2v) is 6.34. The van der Waals surface area contributed by atoms with Crippen LogP contribution >= 0.6 is 0 Å². The SMILES string of the molecule is Cc1ccccc1C1CN(C(=O)C2CCCCC2)CCO1. The summed E-state index contributed by atoms with van der Waals surface area (Å²) < 4.78 is 5.92. The van der Waals surface area contributed by atoms with Crippen molar-refractivity contribution in [2.45, 2.75) is 45.1 Å². The van der Waals surface area contributed by atoms with Gasteiger partial charge in [0.15, 0.2) is 0 Å². The summed E-state index contributed by atoms with van der Waals surface area (Å²) in [4.78, 5) is 14.7. The molecular weight excluding hydrogens is 262 g/mol. The van der Waals surface area contributed by atoms with Gasteiger partial charge in [0.2, 0.25) is 5.91 Å². The van der Waals surface area contributed by atoms with Crippen molar-refractivity contribution in [2.24, 2.45) is 5.92 Å². The van der Waals surface area contributed by atoms with Crippen LogP contribution in [0.3, 0.4) is 0 Å². The van der Waals surface area contributed by atoms with E-state index in [1.54, 1.807) is 0 Å². The number of hydrogen-bond donors (Lipinski definition) is 0. The number of nitrogens with zero attached hydrogens (tertiary/aromatic N) is 1. The molecule has 1 aliphatic heterocycles. The monoisotopic (exact) mass is 287 g/mol. The number of morpholine rings is 1. The quantitative estimate of drug-likeness (QED) is 0.833. The number of carbonyl (C=O) groups is 1. The largest absolute Gasteiger partial charge is 0.370 e. The van der Waals surface area contributed by atoms with Gasteiger partial charge in [-0.05, 0) is 30.9 Å². The zero-order valence-corrected chi connectivity index (χ0v) is 12.9. The van der Waals surface area contributed by atoms with Crippen LogP contribution in [0.4, 0.5) is 0 Å². The Bertz CT molecular complexity index is 494. The highest BCUT2D eigenvalue weighted by atomic mass is 16.5. The first-order valence-corrected chi connectivity index (χ1v) is 8.21. The third kappa shape index (κ3) is 3.29. The first-order chi connectivity index (χ1) is 10.3. The first-order valence-electron chi connectivity index (χ1n) is 8.21. The molecule has 2 aliphatic rings. The summed E-state index contributed by atoms with van der Waals surface area (Å²) in [5.41, 5.74) is 2.47. The maximum Gasteiger partial charge on any atom is 0.225 e. The lowest BCUT2D eigenvalue weighted by atomic mass is 9.88. The van der Waals surface area contributed by atoms with Gasteiger partial charge in [0.25, 0.3) is 0 Å². The molecule has 0 bridgehead atoms. The summed E-state index contributed by atoms with van der Waals surface area (Å²) in [7, 11) is 0. The Balaban J connectivity index is 1.68.